The number of benzene rings is 1. The third-order valence-corrected chi connectivity index (χ3v) is 4.62. The molecule has 2 heterocycles. The molecule has 1 aromatic carbocycles. The van der Waals surface area contributed by atoms with Gasteiger partial charge in [-0.2, -0.15) is 0 Å². The van der Waals surface area contributed by atoms with Gasteiger partial charge in [0.05, 0.1) is 0 Å². The summed E-state index contributed by atoms with van der Waals surface area (Å²) in [4.78, 5) is 24.5. The highest BCUT2D eigenvalue weighted by Gasteiger charge is 2.19. The number of amides is 2. The Morgan fingerprint density at radius 3 is 2.79 bits per heavy atom. The highest BCUT2D eigenvalue weighted by Crippen LogP contribution is 2.34. The summed E-state index contributed by atoms with van der Waals surface area (Å²) >= 11 is 1.40. The number of nitrogens with one attached hydrogen (secondary N) is 2. The molecule has 0 unspecified atom stereocenters. The number of aliphatic hydroxyl groups excluding tert-OH is 1. The molecule has 3 N–H and O–H groups in total. The van der Waals surface area contributed by atoms with Crippen LogP contribution in [0, 0.1) is 6.92 Å². The number of carbonyl (C=O) groups excluding carboxylic acids is 2. The van der Waals surface area contributed by atoms with Crippen molar-refractivity contribution in [2.45, 2.75) is 13.0 Å². The predicted octanol–water partition coefficient (Wildman–Crippen LogP) is 1.57. The number of thiophene rings is 1. The molecule has 2 amide bonds. The number of aliphatic hydroxyl groups is 1. The highest BCUT2D eigenvalue weighted by atomic mass is 32.1. The summed E-state index contributed by atoms with van der Waals surface area (Å²) in [5, 5.41) is 16.8. The van der Waals surface area contributed by atoms with E-state index in [1.54, 1.807) is 18.2 Å². The van der Waals surface area contributed by atoms with Crippen LogP contribution in [0.5, 0.6) is 11.5 Å². The van der Waals surface area contributed by atoms with Crippen molar-refractivity contribution in [1.29, 1.82) is 0 Å². The Balaban J connectivity index is 1.53. The van der Waals surface area contributed by atoms with Gasteiger partial charge in [-0.05, 0) is 36.1 Å². The largest absolute Gasteiger partial charge is 0.454 e. The van der Waals surface area contributed by atoms with Crippen molar-refractivity contribution in [1.82, 2.24) is 5.32 Å². The average Bonchev–Trinajstić information content (AvgIpc) is 3.20. The SMILES string of the molecule is Cc1ccsc1[C@H](O)CNC(=O)C(=O)Nc1ccc2c(c1)OCO2. The van der Waals surface area contributed by atoms with E-state index in [-0.39, 0.29) is 13.3 Å². The smallest absolute Gasteiger partial charge is 0.313 e. The van der Waals surface area contributed by atoms with Gasteiger partial charge in [-0.3, -0.25) is 9.59 Å². The number of fused-ring (bicyclic) bond motifs is 1. The molecule has 2 aromatic rings. The van der Waals surface area contributed by atoms with Crippen molar-refractivity contribution in [3.63, 3.8) is 0 Å². The lowest BCUT2D eigenvalue weighted by Gasteiger charge is -2.11. The normalized spacial score (nSPS) is 13.4. The lowest BCUT2D eigenvalue weighted by atomic mass is 10.2. The van der Waals surface area contributed by atoms with E-state index in [0.29, 0.717) is 17.2 Å². The number of hydrogen-bond acceptors (Lipinski definition) is 6. The number of hydrogen-bond donors (Lipinski definition) is 3. The van der Waals surface area contributed by atoms with Crippen molar-refractivity contribution in [3.8, 4) is 11.5 Å². The molecule has 0 saturated carbocycles. The molecule has 1 aliphatic heterocycles. The van der Waals surface area contributed by atoms with E-state index in [1.807, 2.05) is 18.4 Å². The third-order valence-electron chi connectivity index (χ3n) is 3.50. The van der Waals surface area contributed by atoms with Gasteiger partial charge >= 0.3 is 11.8 Å². The second-order valence-corrected chi connectivity index (χ2v) is 6.16. The molecular weight excluding hydrogens is 332 g/mol. The van der Waals surface area contributed by atoms with Crippen molar-refractivity contribution >= 4 is 28.8 Å². The van der Waals surface area contributed by atoms with Crippen molar-refractivity contribution in [2.75, 3.05) is 18.7 Å². The van der Waals surface area contributed by atoms with E-state index in [1.165, 1.54) is 11.3 Å². The number of aryl methyl sites for hydroxylation is 1. The van der Waals surface area contributed by atoms with Gasteiger partial charge in [-0.25, -0.2) is 0 Å². The second-order valence-electron chi connectivity index (χ2n) is 5.22. The van der Waals surface area contributed by atoms with Crippen LogP contribution in [0.15, 0.2) is 29.6 Å². The fourth-order valence-corrected chi connectivity index (χ4v) is 3.16. The Kier molecular flexibility index (Phi) is 4.68. The van der Waals surface area contributed by atoms with E-state index in [0.717, 1.165) is 10.4 Å². The summed E-state index contributed by atoms with van der Waals surface area (Å²) < 4.78 is 10.4. The third kappa shape index (κ3) is 3.50. The fraction of sp³-hybridized carbons (Fsp3) is 0.250. The minimum atomic E-state index is -0.840. The van der Waals surface area contributed by atoms with Gasteiger partial charge in [0.25, 0.3) is 0 Å². The zero-order valence-corrected chi connectivity index (χ0v) is 13.7. The molecule has 1 aliphatic rings. The van der Waals surface area contributed by atoms with Gasteiger partial charge in [0, 0.05) is 23.2 Å². The maximum Gasteiger partial charge on any atom is 0.313 e. The first-order chi connectivity index (χ1) is 11.5. The maximum atomic E-state index is 11.9. The molecule has 0 fully saturated rings. The molecule has 7 nitrogen and oxygen atoms in total. The minimum Gasteiger partial charge on any atom is -0.454 e. The van der Waals surface area contributed by atoms with E-state index >= 15 is 0 Å². The summed E-state index contributed by atoms with van der Waals surface area (Å²) in [6.45, 7) is 1.98. The summed E-state index contributed by atoms with van der Waals surface area (Å²) in [7, 11) is 0. The standard InChI is InChI=1S/C16H16N2O5S/c1-9-4-5-24-14(9)11(19)7-17-15(20)16(21)18-10-2-3-12-13(6-10)23-8-22-12/h2-6,11,19H,7-8H2,1H3,(H,17,20)(H,18,21)/t11-/m1/s1. The van der Waals surface area contributed by atoms with Gasteiger partial charge in [0.2, 0.25) is 6.79 Å². The highest BCUT2D eigenvalue weighted by molar-refractivity contribution is 7.10. The number of carbonyl (C=O) groups is 2. The molecule has 0 bridgehead atoms. The van der Waals surface area contributed by atoms with Crippen LogP contribution in [0.2, 0.25) is 0 Å². The fourth-order valence-electron chi connectivity index (χ4n) is 2.25. The van der Waals surface area contributed by atoms with Crippen LogP contribution in [0.4, 0.5) is 5.69 Å². The Labute approximate surface area is 142 Å². The molecule has 0 spiro atoms. The first kappa shape index (κ1) is 16.3. The maximum absolute atomic E-state index is 11.9. The average molecular weight is 348 g/mol. The summed E-state index contributed by atoms with van der Waals surface area (Å²) in [5.41, 5.74) is 1.38. The number of anilines is 1. The van der Waals surface area contributed by atoms with Gasteiger partial charge in [-0.1, -0.05) is 0 Å². The molecule has 24 heavy (non-hydrogen) atoms. The lowest BCUT2D eigenvalue weighted by Crippen LogP contribution is -2.37. The molecule has 1 aromatic heterocycles. The zero-order valence-electron chi connectivity index (χ0n) is 12.9. The molecule has 126 valence electrons. The molecular formula is C16H16N2O5S. The van der Waals surface area contributed by atoms with Crippen LogP contribution >= 0.6 is 11.3 Å². The first-order valence-corrected chi connectivity index (χ1v) is 8.13. The van der Waals surface area contributed by atoms with Gasteiger partial charge in [0.15, 0.2) is 11.5 Å². The monoisotopic (exact) mass is 348 g/mol. The van der Waals surface area contributed by atoms with Gasteiger partial charge < -0.3 is 25.2 Å². The van der Waals surface area contributed by atoms with E-state index < -0.39 is 17.9 Å². The summed E-state index contributed by atoms with van der Waals surface area (Å²) in [6, 6.07) is 6.73. The van der Waals surface area contributed by atoms with E-state index in [4.69, 9.17) is 9.47 Å². The van der Waals surface area contributed by atoms with Gasteiger partial charge in [-0.15, -0.1) is 11.3 Å². The molecule has 3 rings (SSSR count). The molecule has 8 heteroatoms. The van der Waals surface area contributed by atoms with Crippen LogP contribution in [0.3, 0.4) is 0 Å². The van der Waals surface area contributed by atoms with Gasteiger partial charge in [0.1, 0.15) is 6.10 Å². The van der Waals surface area contributed by atoms with Crippen LogP contribution in [-0.4, -0.2) is 30.3 Å². The summed E-state index contributed by atoms with van der Waals surface area (Å²) in [5.74, 6) is -0.534. The minimum absolute atomic E-state index is 0.0330. The Morgan fingerprint density at radius 1 is 1.25 bits per heavy atom. The second kappa shape index (κ2) is 6.90. The zero-order chi connectivity index (χ0) is 17.1. The van der Waals surface area contributed by atoms with E-state index in [2.05, 4.69) is 10.6 Å². The molecule has 0 saturated heterocycles. The summed E-state index contributed by atoms with van der Waals surface area (Å²) in [6.07, 6.45) is -0.840. The van der Waals surface area contributed by atoms with Crippen molar-refractivity contribution in [2.24, 2.45) is 0 Å². The van der Waals surface area contributed by atoms with Crippen molar-refractivity contribution < 1.29 is 24.2 Å². The Hall–Kier alpha value is -2.58. The Morgan fingerprint density at radius 2 is 2.04 bits per heavy atom. The molecule has 0 radical (unpaired) electrons. The van der Waals surface area contributed by atoms with Crippen LogP contribution in [-0.2, 0) is 9.59 Å². The van der Waals surface area contributed by atoms with Crippen LogP contribution in [0.1, 0.15) is 16.5 Å². The molecule has 0 aliphatic carbocycles. The predicted molar refractivity (Wildman–Crippen MR) is 88.2 cm³/mol. The molecule has 1 atom stereocenters. The van der Waals surface area contributed by atoms with Crippen LogP contribution in [0.25, 0.3) is 0 Å². The number of rotatable bonds is 4. The lowest BCUT2D eigenvalue weighted by molar-refractivity contribution is -0.136. The first-order valence-electron chi connectivity index (χ1n) is 7.25. The van der Waals surface area contributed by atoms with Crippen molar-refractivity contribution in [3.05, 3.63) is 40.1 Å². The number of ether oxygens (including phenoxy) is 2. The topological polar surface area (TPSA) is 96.9 Å². The Bertz CT molecular complexity index is 774. The van der Waals surface area contributed by atoms with E-state index in [9.17, 15) is 14.7 Å². The van der Waals surface area contributed by atoms with Crippen LogP contribution < -0.4 is 20.1 Å². The quantitative estimate of drug-likeness (QED) is 0.729.